The summed E-state index contributed by atoms with van der Waals surface area (Å²) in [5.41, 5.74) is 2.39. The molecule has 0 aromatic heterocycles. The van der Waals surface area contributed by atoms with E-state index in [2.05, 4.69) is 5.43 Å². The Balaban J connectivity index is 2.07. The highest BCUT2D eigenvalue weighted by Crippen LogP contribution is 2.28. The third-order valence-electron chi connectivity index (χ3n) is 2.99. The van der Waals surface area contributed by atoms with Crippen LogP contribution in [-0.4, -0.2) is 20.4 Å². The minimum atomic E-state index is -4.06. The second-order valence-electron chi connectivity index (χ2n) is 5.30. The number of ether oxygens (including phenoxy) is 1. The first-order valence-corrected chi connectivity index (χ1v) is 9.47. The van der Waals surface area contributed by atoms with E-state index in [-0.39, 0.29) is 26.6 Å². The quantitative estimate of drug-likeness (QED) is 0.724. The van der Waals surface area contributed by atoms with E-state index < -0.39 is 15.9 Å². The van der Waals surface area contributed by atoms with Gasteiger partial charge in [-0.1, -0.05) is 29.3 Å². The minimum Gasteiger partial charge on any atom is -0.491 e. The maximum Gasteiger partial charge on any atom is 0.266 e. The van der Waals surface area contributed by atoms with Gasteiger partial charge < -0.3 is 4.74 Å². The SMILES string of the molecule is CC(C)Oc1ccc(C(=O)NNS(=O)(=O)c2cccc(Cl)c2Cl)cc1. The zero-order valence-electron chi connectivity index (χ0n) is 13.4. The number of rotatable bonds is 6. The lowest BCUT2D eigenvalue weighted by atomic mass is 10.2. The van der Waals surface area contributed by atoms with Crippen molar-refractivity contribution in [1.29, 1.82) is 0 Å². The van der Waals surface area contributed by atoms with Crippen molar-refractivity contribution in [2.75, 3.05) is 0 Å². The molecule has 0 saturated carbocycles. The predicted octanol–water partition coefficient (Wildman–Crippen LogP) is 3.40. The fourth-order valence-corrected chi connectivity index (χ4v) is 3.49. The second-order valence-corrected chi connectivity index (χ2v) is 7.74. The summed E-state index contributed by atoms with van der Waals surface area (Å²) < 4.78 is 29.9. The number of sulfonamides is 1. The van der Waals surface area contributed by atoms with Gasteiger partial charge >= 0.3 is 0 Å². The highest BCUT2D eigenvalue weighted by molar-refractivity contribution is 7.89. The van der Waals surface area contributed by atoms with Crippen LogP contribution in [0.1, 0.15) is 24.2 Å². The number of hydrogen-bond donors (Lipinski definition) is 2. The zero-order chi connectivity index (χ0) is 18.6. The van der Waals surface area contributed by atoms with Gasteiger partial charge in [0.1, 0.15) is 10.6 Å². The Hall–Kier alpha value is -1.80. The number of carbonyl (C=O) groups is 1. The molecule has 0 saturated heterocycles. The van der Waals surface area contributed by atoms with Gasteiger partial charge in [-0.25, -0.2) is 8.42 Å². The number of carbonyl (C=O) groups excluding carboxylic acids is 1. The number of hydrazine groups is 1. The highest BCUT2D eigenvalue weighted by atomic mass is 35.5. The highest BCUT2D eigenvalue weighted by Gasteiger charge is 2.20. The van der Waals surface area contributed by atoms with E-state index in [1.54, 1.807) is 12.1 Å². The first-order chi connectivity index (χ1) is 11.7. The smallest absolute Gasteiger partial charge is 0.266 e. The molecule has 2 aromatic rings. The molecular formula is C16H16Cl2N2O4S. The number of nitrogens with one attached hydrogen (secondary N) is 2. The van der Waals surface area contributed by atoms with Gasteiger partial charge in [0.05, 0.1) is 16.1 Å². The van der Waals surface area contributed by atoms with E-state index in [1.807, 2.05) is 18.7 Å². The molecule has 9 heteroatoms. The van der Waals surface area contributed by atoms with E-state index in [4.69, 9.17) is 27.9 Å². The van der Waals surface area contributed by atoms with Crippen LogP contribution in [0.2, 0.25) is 10.0 Å². The predicted molar refractivity (Wildman–Crippen MR) is 96.5 cm³/mol. The topological polar surface area (TPSA) is 84.5 Å². The lowest BCUT2D eigenvalue weighted by Gasteiger charge is -2.11. The van der Waals surface area contributed by atoms with Gasteiger partial charge in [0.15, 0.2) is 0 Å². The van der Waals surface area contributed by atoms with Gasteiger partial charge in [0, 0.05) is 5.56 Å². The first kappa shape index (κ1) is 19.5. The average Bonchev–Trinajstić information content (AvgIpc) is 2.55. The molecule has 0 aliphatic carbocycles. The molecule has 2 aromatic carbocycles. The fourth-order valence-electron chi connectivity index (χ4n) is 1.89. The van der Waals surface area contributed by atoms with E-state index in [1.165, 1.54) is 30.3 Å². The van der Waals surface area contributed by atoms with Gasteiger partial charge in [-0.3, -0.25) is 10.2 Å². The Kier molecular flexibility index (Phi) is 6.29. The third-order valence-corrected chi connectivity index (χ3v) is 5.21. The van der Waals surface area contributed by atoms with Gasteiger partial charge in [0.25, 0.3) is 15.9 Å². The summed E-state index contributed by atoms with van der Waals surface area (Å²) in [6, 6.07) is 10.5. The number of benzene rings is 2. The molecule has 6 nitrogen and oxygen atoms in total. The molecule has 0 bridgehead atoms. The summed E-state index contributed by atoms with van der Waals surface area (Å²) >= 11 is 11.7. The van der Waals surface area contributed by atoms with Crippen molar-refractivity contribution in [3.8, 4) is 5.75 Å². The van der Waals surface area contributed by atoms with Crippen LogP contribution in [0.25, 0.3) is 0 Å². The minimum absolute atomic E-state index is 0.00827. The van der Waals surface area contributed by atoms with Crippen LogP contribution in [0.5, 0.6) is 5.75 Å². The van der Waals surface area contributed by atoms with Crippen LogP contribution >= 0.6 is 23.2 Å². The zero-order valence-corrected chi connectivity index (χ0v) is 15.7. The van der Waals surface area contributed by atoms with E-state index >= 15 is 0 Å². The van der Waals surface area contributed by atoms with Crippen LogP contribution in [0, 0.1) is 0 Å². The second kappa shape index (κ2) is 8.05. The molecule has 0 spiro atoms. The molecule has 2 rings (SSSR count). The summed E-state index contributed by atoms with van der Waals surface area (Å²) in [4.78, 5) is 13.8. The molecule has 134 valence electrons. The van der Waals surface area contributed by atoms with E-state index in [9.17, 15) is 13.2 Å². The summed E-state index contributed by atoms with van der Waals surface area (Å²) in [5.74, 6) is -0.0179. The fraction of sp³-hybridized carbons (Fsp3) is 0.188. The maximum absolute atomic E-state index is 12.2. The molecular weight excluding hydrogens is 387 g/mol. The van der Waals surface area contributed by atoms with Crippen LogP contribution in [-0.2, 0) is 10.0 Å². The van der Waals surface area contributed by atoms with Crippen molar-refractivity contribution < 1.29 is 17.9 Å². The Morgan fingerprint density at radius 3 is 2.32 bits per heavy atom. The molecule has 0 heterocycles. The molecule has 0 aliphatic rings. The van der Waals surface area contributed by atoms with Crippen LogP contribution < -0.4 is 15.0 Å². The Morgan fingerprint density at radius 2 is 1.72 bits per heavy atom. The molecule has 0 aliphatic heterocycles. The van der Waals surface area contributed by atoms with Gasteiger partial charge in [-0.2, -0.15) is 0 Å². The average molecular weight is 403 g/mol. The summed E-state index contributed by atoms with van der Waals surface area (Å²) in [5, 5.41) is -0.0299. The van der Waals surface area contributed by atoms with Crippen molar-refractivity contribution in [2.45, 2.75) is 24.8 Å². The molecule has 0 unspecified atom stereocenters. The largest absolute Gasteiger partial charge is 0.491 e. The molecule has 0 fully saturated rings. The normalized spacial score (nSPS) is 11.4. The Morgan fingerprint density at radius 1 is 1.08 bits per heavy atom. The summed E-state index contributed by atoms with van der Waals surface area (Å²) in [6.45, 7) is 3.77. The van der Waals surface area contributed by atoms with Crippen LogP contribution in [0.15, 0.2) is 47.4 Å². The van der Waals surface area contributed by atoms with Gasteiger partial charge in [-0.15, -0.1) is 4.83 Å². The Bertz CT molecular complexity index is 868. The van der Waals surface area contributed by atoms with Crippen molar-refractivity contribution >= 4 is 39.1 Å². The molecule has 1 amide bonds. The number of amides is 1. The first-order valence-electron chi connectivity index (χ1n) is 7.23. The Labute approximate surface area is 156 Å². The van der Waals surface area contributed by atoms with Crippen molar-refractivity contribution in [3.05, 3.63) is 58.1 Å². The van der Waals surface area contributed by atoms with Crippen molar-refractivity contribution in [2.24, 2.45) is 0 Å². The molecule has 0 atom stereocenters. The molecule has 2 N–H and O–H groups in total. The lowest BCUT2D eigenvalue weighted by molar-refractivity contribution is 0.0945. The monoisotopic (exact) mass is 402 g/mol. The van der Waals surface area contributed by atoms with Gasteiger partial charge in [-0.05, 0) is 50.2 Å². The molecule has 0 radical (unpaired) electrons. The summed E-state index contributed by atoms with van der Waals surface area (Å²) in [6.07, 6.45) is 0.00827. The third kappa shape index (κ3) is 5.09. The lowest BCUT2D eigenvalue weighted by Crippen LogP contribution is -2.41. The maximum atomic E-state index is 12.2. The van der Waals surface area contributed by atoms with Crippen LogP contribution in [0.3, 0.4) is 0 Å². The number of hydrogen-bond acceptors (Lipinski definition) is 4. The van der Waals surface area contributed by atoms with Gasteiger partial charge in [0.2, 0.25) is 0 Å². The van der Waals surface area contributed by atoms with Crippen molar-refractivity contribution in [1.82, 2.24) is 10.3 Å². The summed E-state index contributed by atoms with van der Waals surface area (Å²) in [7, 11) is -4.06. The number of halogens is 2. The van der Waals surface area contributed by atoms with E-state index in [0.717, 1.165) is 0 Å². The van der Waals surface area contributed by atoms with E-state index in [0.29, 0.717) is 5.75 Å². The standard InChI is InChI=1S/C16H16Cl2N2O4S/c1-10(2)24-12-8-6-11(7-9-12)16(21)19-20-25(22,23)14-5-3-4-13(17)15(14)18/h3-10,20H,1-2H3,(H,19,21). The van der Waals surface area contributed by atoms with Crippen LogP contribution in [0.4, 0.5) is 0 Å². The molecule has 25 heavy (non-hydrogen) atoms. The van der Waals surface area contributed by atoms with Crippen molar-refractivity contribution in [3.63, 3.8) is 0 Å².